The van der Waals surface area contributed by atoms with Gasteiger partial charge in [-0.1, -0.05) is 0 Å². The number of amides is 1. The highest BCUT2D eigenvalue weighted by Crippen LogP contribution is 2.14. The van der Waals surface area contributed by atoms with Crippen molar-refractivity contribution in [2.45, 2.75) is 26.9 Å². The highest BCUT2D eigenvalue weighted by Gasteiger charge is 2.07. The smallest absolute Gasteiger partial charge is 0.249 e. The van der Waals surface area contributed by atoms with Crippen LogP contribution in [0.15, 0.2) is 15.9 Å². The van der Waals surface area contributed by atoms with Crippen LogP contribution in [-0.2, 0) is 13.1 Å². The molecule has 5 nitrogen and oxygen atoms in total. The van der Waals surface area contributed by atoms with E-state index in [0.29, 0.717) is 24.5 Å². The third-order valence-corrected chi connectivity index (χ3v) is 3.52. The SMILES string of the molecule is Cc1nc(CNCc2cc(C(N)=O)cs2)oc1C. The summed E-state index contributed by atoms with van der Waals surface area (Å²) in [7, 11) is 0. The van der Waals surface area contributed by atoms with Crippen LogP contribution in [0.25, 0.3) is 0 Å². The van der Waals surface area contributed by atoms with Crippen LogP contribution < -0.4 is 11.1 Å². The molecule has 96 valence electrons. The Labute approximate surface area is 109 Å². The molecule has 2 heterocycles. The Morgan fingerprint density at radius 2 is 2.28 bits per heavy atom. The first-order chi connectivity index (χ1) is 8.56. The van der Waals surface area contributed by atoms with Crippen molar-refractivity contribution >= 4 is 17.2 Å². The third kappa shape index (κ3) is 2.96. The molecule has 0 aliphatic rings. The number of carbonyl (C=O) groups excluding carboxylic acids is 1. The van der Waals surface area contributed by atoms with Crippen molar-refractivity contribution in [1.29, 1.82) is 0 Å². The number of nitrogens with zero attached hydrogens (tertiary/aromatic N) is 1. The van der Waals surface area contributed by atoms with E-state index in [0.717, 1.165) is 16.3 Å². The number of aromatic nitrogens is 1. The summed E-state index contributed by atoms with van der Waals surface area (Å²) in [6.07, 6.45) is 0. The lowest BCUT2D eigenvalue weighted by Gasteiger charge is -1.98. The van der Waals surface area contributed by atoms with E-state index >= 15 is 0 Å². The second kappa shape index (κ2) is 5.32. The Bertz CT molecular complexity index is 540. The zero-order valence-corrected chi connectivity index (χ0v) is 11.1. The quantitative estimate of drug-likeness (QED) is 0.862. The maximum Gasteiger partial charge on any atom is 0.249 e. The van der Waals surface area contributed by atoms with E-state index < -0.39 is 5.91 Å². The van der Waals surface area contributed by atoms with Crippen molar-refractivity contribution in [2.24, 2.45) is 5.73 Å². The third-order valence-electron chi connectivity index (χ3n) is 2.59. The first-order valence-corrected chi connectivity index (χ1v) is 6.45. The summed E-state index contributed by atoms with van der Waals surface area (Å²) in [4.78, 5) is 16.3. The van der Waals surface area contributed by atoms with Gasteiger partial charge in [0.1, 0.15) is 5.76 Å². The van der Waals surface area contributed by atoms with Crippen molar-refractivity contribution in [3.05, 3.63) is 39.2 Å². The van der Waals surface area contributed by atoms with Gasteiger partial charge in [-0.15, -0.1) is 11.3 Å². The summed E-state index contributed by atoms with van der Waals surface area (Å²) in [5, 5.41) is 4.98. The molecule has 2 aromatic rings. The molecule has 2 aromatic heterocycles. The van der Waals surface area contributed by atoms with Gasteiger partial charge < -0.3 is 15.5 Å². The van der Waals surface area contributed by atoms with Crippen LogP contribution in [0.5, 0.6) is 0 Å². The summed E-state index contributed by atoms with van der Waals surface area (Å²) in [6, 6.07) is 1.80. The van der Waals surface area contributed by atoms with Gasteiger partial charge in [0.05, 0.1) is 17.8 Å². The van der Waals surface area contributed by atoms with Gasteiger partial charge in [0.25, 0.3) is 0 Å². The summed E-state index contributed by atoms with van der Waals surface area (Å²) in [6.45, 7) is 5.04. The highest BCUT2D eigenvalue weighted by molar-refractivity contribution is 7.10. The van der Waals surface area contributed by atoms with Crippen LogP contribution in [0.1, 0.15) is 32.6 Å². The molecule has 0 bridgehead atoms. The van der Waals surface area contributed by atoms with E-state index in [1.165, 1.54) is 11.3 Å². The number of thiophene rings is 1. The molecule has 0 fully saturated rings. The van der Waals surface area contributed by atoms with Gasteiger partial charge in [0, 0.05) is 16.8 Å². The molecule has 1 amide bonds. The molecule has 0 saturated carbocycles. The second-order valence-electron chi connectivity index (χ2n) is 4.02. The van der Waals surface area contributed by atoms with Gasteiger partial charge in [-0.2, -0.15) is 0 Å². The number of rotatable bonds is 5. The molecule has 0 saturated heterocycles. The minimum atomic E-state index is -0.392. The fourth-order valence-electron chi connectivity index (χ4n) is 1.51. The lowest BCUT2D eigenvalue weighted by atomic mass is 10.3. The average Bonchev–Trinajstić information content (AvgIpc) is 2.88. The van der Waals surface area contributed by atoms with Gasteiger partial charge in [-0.3, -0.25) is 4.79 Å². The highest BCUT2D eigenvalue weighted by atomic mass is 32.1. The van der Waals surface area contributed by atoms with E-state index in [9.17, 15) is 4.79 Å². The molecule has 0 radical (unpaired) electrons. The van der Waals surface area contributed by atoms with Gasteiger partial charge in [-0.25, -0.2) is 4.98 Å². The molecule has 2 rings (SSSR count). The lowest BCUT2D eigenvalue weighted by Crippen LogP contribution is -2.12. The summed E-state index contributed by atoms with van der Waals surface area (Å²) >= 11 is 1.51. The summed E-state index contributed by atoms with van der Waals surface area (Å²) in [5.41, 5.74) is 6.66. The zero-order chi connectivity index (χ0) is 13.1. The molecule has 3 N–H and O–H groups in total. The molecule has 0 spiro atoms. The van der Waals surface area contributed by atoms with E-state index in [2.05, 4.69) is 10.3 Å². The molecule has 0 aliphatic heterocycles. The van der Waals surface area contributed by atoms with Gasteiger partial charge in [0.15, 0.2) is 0 Å². The van der Waals surface area contributed by atoms with Crippen LogP contribution in [0.4, 0.5) is 0 Å². The zero-order valence-electron chi connectivity index (χ0n) is 10.3. The Morgan fingerprint density at radius 1 is 1.50 bits per heavy atom. The van der Waals surface area contributed by atoms with Crippen molar-refractivity contribution in [2.75, 3.05) is 0 Å². The number of hydrogen-bond donors (Lipinski definition) is 2. The number of aryl methyl sites for hydroxylation is 2. The van der Waals surface area contributed by atoms with E-state index in [1.54, 1.807) is 11.4 Å². The van der Waals surface area contributed by atoms with Crippen LogP contribution in [0.3, 0.4) is 0 Å². The first-order valence-electron chi connectivity index (χ1n) is 5.57. The molecular weight excluding hydrogens is 250 g/mol. The molecule has 0 aromatic carbocycles. The Balaban J connectivity index is 1.86. The summed E-state index contributed by atoms with van der Waals surface area (Å²) < 4.78 is 5.45. The predicted octanol–water partition coefficient (Wildman–Crippen LogP) is 1.74. The predicted molar refractivity (Wildman–Crippen MR) is 69.4 cm³/mol. The van der Waals surface area contributed by atoms with Gasteiger partial charge in [-0.05, 0) is 19.9 Å². The van der Waals surface area contributed by atoms with Crippen molar-refractivity contribution in [1.82, 2.24) is 10.3 Å². The molecule has 0 atom stereocenters. The second-order valence-corrected chi connectivity index (χ2v) is 5.01. The van der Waals surface area contributed by atoms with Crippen LogP contribution >= 0.6 is 11.3 Å². The number of primary amides is 1. The Hall–Kier alpha value is -1.66. The topological polar surface area (TPSA) is 81.1 Å². The van der Waals surface area contributed by atoms with Gasteiger partial charge >= 0.3 is 0 Å². The molecule has 0 unspecified atom stereocenters. The van der Waals surface area contributed by atoms with Crippen molar-refractivity contribution < 1.29 is 9.21 Å². The van der Waals surface area contributed by atoms with Crippen LogP contribution in [0, 0.1) is 13.8 Å². The monoisotopic (exact) mass is 265 g/mol. The molecule has 18 heavy (non-hydrogen) atoms. The van der Waals surface area contributed by atoms with Crippen LogP contribution in [0.2, 0.25) is 0 Å². The number of nitrogens with two attached hydrogens (primary N) is 1. The lowest BCUT2D eigenvalue weighted by molar-refractivity contribution is 0.100. The van der Waals surface area contributed by atoms with E-state index in [4.69, 9.17) is 10.2 Å². The Kier molecular flexibility index (Phi) is 3.78. The number of nitrogens with one attached hydrogen (secondary N) is 1. The fraction of sp³-hybridized carbons (Fsp3) is 0.333. The molecule has 6 heteroatoms. The average molecular weight is 265 g/mol. The molecule has 0 aliphatic carbocycles. The number of carbonyl (C=O) groups is 1. The molecular formula is C12H15N3O2S. The van der Waals surface area contributed by atoms with Crippen LogP contribution in [-0.4, -0.2) is 10.9 Å². The largest absolute Gasteiger partial charge is 0.444 e. The Morgan fingerprint density at radius 3 is 2.83 bits per heavy atom. The van der Waals surface area contributed by atoms with Crippen molar-refractivity contribution in [3.63, 3.8) is 0 Å². The van der Waals surface area contributed by atoms with Gasteiger partial charge in [0.2, 0.25) is 11.8 Å². The normalized spacial score (nSPS) is 10.8. The summed E-state index contributed by atoms with van der Waals surface area (Å²) in [5.74, 6) is 1.13. The minimum Gasteiger partial charge on any atom is -0.444 e. The first kappa shape index (κ1) is 12.8. The standard InChI is InChI=1S/C12H15N3O2S/c1-7-8(2)17-11(15-7)5-14-4-10-3-9(6-18-10)12(13)16/h3,6,14H,4-5H2,1-2H3,(H2,13,16). The van der Waals surface area contributed by atoms with E-state index in [1.807, 2.05) is 13.8 Å². The number of hydrogen-bond acceptors (Lipinski definition) is 5. The number of oxazole rings is 1. The van der Waals surface area contributed by atoms with Crippen molar-refractivity contribution in [3.8, 4) is 0 Å². The maximum absolute atomic E-state index is 10.9. The maximum atomic E-state index is 10.9. The fourth-order valence-corrected chi connectivity index (χ4v) is 2.35. The minimum absolute atomic E-state index is 0.392. The van der Waals surface area contributed by atoms with E-state index in [-0.39, 0.29) is 0 Å².